The monoisotopic (exact) mass is 904 g/mol. The average Bonchev–Trinajstić information content (AvgIpc) is 3.29. The summed E-state index contributed by atoms with van der Waals surface area (Å²) in [6.07, 6.45) is 63.4. The first-order chi connectivity index (χ1) is 31.5. The third-order valence-corrected chi connectivity index (χ3v) is 13.6. The van der Waals surface area contributed by atoms with E-state index in [0.717, 1.165) is 57.8 Å². The van der Waals surface area contributed by atoms with Crippen molar-refractivity contribution in [1.82, 2.24) is 5.32 Å². The number of allylic oxidation sites excluding steroid dienone is 2. The van der Waals surface area contributed by atoms with Crippen molar-refractivity contribution in [2.24, 2.45) is 0 Å². The summed E-state index contributed by atoms with van der Waals surface area (Å²) in [4.78, 5) is 24.6. The minimum Gasteiger partial charge on any atom is -0.466 e. The second kappa shape index (κ2) is 54.2. The van der Waals surface area contributed by atoms with Crippen LogP contribution < -0.4 is 5.32 Å². The van der Waals surface area contributed by atoms with Gasteiger partial charge >= 0.3 is 5.97 Å². The van der Waals surface area contributed by atoms with E-state index >= 15 is 0 Å². The number of rotatable bonds is 54. The molecule has 0 fully saturated rings. The molecule has 0 aliphatic carbocycles. The van der Waals surface area contributed by atoms with E-state index in [4.69, 9.17) is 4.74 Å². The molecule has 0 aromatic rings. The number of esters is 1. The Bertz CT molecular complexity index is 955. The van der Waals surface area contributed by atoms with Gasteiger partial charge in [0.2, 0.25) is 5.91 Å². The van der Waals surface area contributed by atoms with Crippen molar-refractivity contribution < 1.29 is 24.5 Å². The Morgan fingerprint density at radius 3 is 1.11 bits per heavy atom. The highest BCUT2D eigenvalue weighted by atomic mass is 16.5. The Hall–Kier alpha value is -1.40. The van der Waals surface area contributed by atoms with Gasteiger partial charge in [0.05, 0.1) is 25.4 Å². The molecule has 2 atom stereocenters. The zero-order valence-corrected chi connectivity index (χ0v) is 43.3. The van der Waals surface area contributed by atoms with Crippen LogP contribution in [0, 0.1) is 0 Å². The lowest BCUT2D eigenvalue weighted by Crippen LogP contribution is -2.45. The SMILES string of the molecule is CCCCCCCCC/C=C\CCCCCCCCCC(=O)OCCCCCCCCCCCCCC(=O)NC(CO)C(O)CCCCCCCCCCCCCCCCCCCC. The molecular formula is C58H113NO5. The Balaban J connectivity index is 3.45. The standard InChI is InChI=1S/C58H113NO5/c1-3-5-7-9-11-13-15-17-19-21-23-25-27-30-34-38-42-46-50-56(61)55(54-60)59-57(62)51-47-43-39-35-31-29-33-37-41-45-49-53-64-58(63)52-48-44-40-36-32-28-26-24-22-20-18-16-14-12-10-8-6-4-2/h20,22,55-56,60-61H,3-19,21,23-54H2,1-2H3,(H,59,62)/b22-20-. The minimum atomic E-state index is -0.676. The van der Waals surface area contributed by atoms with E-state index in [1.165, 1.54) is 231 Å². The van der Waals surface area contributed by atoms with Crippen LogP contribution >= 0.6 is 0 Å². The lowest BCUT2D eigenvalue weighted by Gasteiger charge is -2.22. The van der Waals surface area contributed by atoms with Gasteiger partial charge in [0.1, 0.15) is 0 Å². The third-order valence-electron chi connectivity index (χ3n) is 13.6. The molecule has 0 radical (unpaired) electrons. The summed E-state index contributed by atoms with van der Waals surface area (Å²) >= 11 is 0. The molecule has 380 valence electrons. The van der Waals surface area contributed by atoms with E-state index in [0.29, 0.717) is 25.9 Å². The number of amides is 1. The number of aliphatic hydroxyl groups excluding tert-OH is 2. The number of carbonyl (C=O) groups excluding carboxylic acids is 2. The van der Waals surface area contributed by atoms with E-state index in [2.05, 4.69) is 31.3 Å². The predicted molar refractivity (Wildman–Crippen MR) is 278 cm³/mol. The van der Waals surface area contributed by atoms with E-state index in [1.54, 1.807) is 0 Å². The van der Waals surface area contributed by atoms with Crippen LogP contribution in [0.2, 0.25) is 0 Å². The predicted octanol–water partition coefficient (Wildman–Crippen LogP) is 17.7. The van der Waals surface area contributed by atoms with Gasteiger partial charge in [0.15, 0.2) is 0 Å². The molecule has 2 unspecified atom stereocenters. The van der Waals surface area contributed by atoms with Gasteiger partial charge < -0.3 is 20.3 Å². The third kappa shape index (κ3) is 50.0. The van der Waals surface area contributed by atoms with Gasteiger partial charge in [-0.25, -0.2) is 0 Å². The van der Waals surface area contributed by atoms with E-state index in [-0.39, 0.29) is 18.5 Å². The smallest absolute Gasteiger partial charge is 0.305 e. The molecule has 6 nitrogen and oxygen atoms in total. The summed E-state index contributed by atoms with van der Waals surface area (Å²) in [5.74, 6) is -0.0666. The molecule has 0 aliphatic heterocycles. The maximum Gasteiger partial charge on any atom is 0.305 e. The minimum absolute atomic E-state index is 0.0155. The maximum absolute atomic E-state index is 12.5. The maximum atomic E-state index is 12.5. The highest BCUT2D eigenvalue weighted by Gasteiger charge is 2.20. The van der Waals surface area contributed by atoms with Gasteiger partial charge in [-0.15, -0.1) is 0 Å². The van der Waals surface area contributed by atoms with Crippen LogP contribution in [0.3, 0.4) is 0 Å². The molecule has 0 rings (SSSR count). The summed E-state index contributed by atoms with van der Waals surface area (Å²) in [6.45, 7) is 4.93. The molecule has 1 amide bonds. The van der Waals surface area contributed by atoms with Crippen molar-refractivity contribution in [3.05, 3.63) is 12.2 Å². The molecular weight excluding hydrogens is 791 g/mol. The quantitative estimate of drug-likeness (QED) is 0.0321. The first kappa shape index (κ1) is 62.6. The fourth-order valence-electron chi connectivity index (χ4n) is 9.11. The summed E-state index contributed by atoms with van der Waals surface area (Å²) in [5, 5.41) is 23.3. The first-order valence-corrected chi connectivity index (χ1v) is 28.9. The number of unbranched alkanes of at least 4 members (excludes halogenated alkanes) is 41. The second-order valence-electron chi connectivity index (χ2n) is 20.0. The van der Waals surface area contributed by atoms with Crippen molar-refractivity contribution in [3.8, 4) is 0 Å². The topological polar surface area (TPSA) is 95.9 Å². The van der Waals surface area contributed by atoms with Gasteiger partial charge in [-0.3, -0.25) is 9.59 Å². The molecule has 64 heavy (non-hydrogen) atoms. The van der Waals surface area contributed by atoms with Crippen molar-refractivity contribution in [2.45, 2.75) is 334 Å². The van der Waals surface area contributed by atoms with Crippen LogP contribution in [-0.4, -0.2) is 47.4 Å². The summed E-state index contributed by atoms with van der Waals surface area (Å²) < 4.78 is 5.48. The normalized spacial score (nSPS) is 12.6. The van der Waals surface area contributed by atoms with Crippen LogP contribution in [0.4, 0.5) is 0 Å². The molecule has 0 aliphatic rings. The molecule has 0 bridgehead atoms. The van der Waals surface area contributed by atoms with E-state index in [1.807, 2.05) is 0 Å². The number of ether oxygens (including phenoxy) is 1. The molecule has 0 aromatic carbocycles. The second-order valence-corrected chi connectivity index (χ2v) is 20.0. The Kier molecular flexibility index (Phi) is 53.0. The number of aliphatic hydroxyl groups is 2. The molecule has 0 aromatic heterocycles. The van der Waals surface area contributed by atoms with Crippen molar-refractivity contribution in [3.63, 3.8) is 0 Å². The molecule has 0 heterocycles. The fourth-order valence-corrected chi connectivity index (χ4v) is 9.11. The lowest BCUT2D eigenvalue weighted by atomic mass is 10.0. The van der Waals surface area contributed by atoms with Crippen molar-refractivity contribution in [2.75, 3.05) is 13.2 Å². The highest BCUT2D eigenvalue weighted by molar-refractivity contribution is 5.76. The molecule has 3 N–H and O–H groups in total. The van der Waals surface area contributed by atoms with Crippen LogP contribution in [0.5, 0.6) is 0 Å². The van der Waals surface area contributed by atoms with Gasteiger partial charge in [-0.2, -0.15) is 0 Å². The molecule has 0 saturated carbocycles. The number of hydrogen-bond acceptors (Lipinski definition) is 5. The van der Waals surface area contributed by atoms with E-state index in [9.17, 15) is 19.8 Å². The zero-order chi connectivity index (χ0) is 46.5. The van der Waals surface area contributed by atoms with Gasteiger partial charge in [-0.05, 0) is 51.4 Å². The summed E-state index contributed by atoms with van der Waals surface area (Å²) in [7, 11) is 0. The van der Waals surface area contributed by atoms with Crippen LogP contribution in [-0.2, 0) is 14.3 Å². The van der Waals surface area contributed by atoms with Gasteiger partial charge in [-0.1, -0.05) is 270 Å². The molecule has 0 spiro atoms. The number of carbonyl (C=O) groups is 2. The molecule has 0 saturated heterocycles. The Morgan fingerprint density at radius 2 is 0.734 bits per heavy atom. The first-order valence-electron chi connectivity index (χ1n) is 28.9. The van der Waals surface area contributed by atoms with Crippen molar-refractivity contribution in [1.29, 1.82) is 0 Å². The summed E-state index contributed by atoms with van der Waals surface area (Å²) in [5.41, 5.74) is 0. The average molecular weight is 905 g/mol. The van der Waals surface area contributed by atoms with Gasteiger partial charge in [0, 0.05) is 12.8 Å². The van der Waals surface area contributed by atoms with Crippen molar-refractivity contribution >= 4 is 11.9 Å². The fraction of sp³-hybridized carbons (Fsp3) is 0.931. The van der Waals surface area contributed by atoms with Gasteiger partial charge in [0.25, 0.3) is 0 Å². The highest BCUT2D eigenvalue weighted by Crippen LogP contribution is 2.17. The number of hydrogen-bond donors (Lipinski definition) is 3. The number of nitrogens with one attached hydrogen (secondary N) is 1. The van der Waals surface area contributed by atoms with Crippen LogP contribution in [0.15, 0.2) is 12.2 Å². The van der Waals surface area contributed by atoms with Crippen LogP contribution in [0.25, 0.3) is 0 Å². The lowest BCUT2D eigenvalue weighted by molar-refractivity contribution is -0.143. The largest absolute Gasteiger partial charge is 0.466 e. The summed E-state index contributed by atoms with van der Waals surface area (Å²) in [6, 6.07) is -0.555. The Morgan fingerprint density at radius 1 is 0.422 bits per heavy atom. The Labute approximate surface area is 399 Å². The zero-order valence-electron chi connectivity index (χ0n) is 43.3. The van der Waals surface area contributed by atoms with Crippen LogP contribution in [0.1, 0.15) is 322 Å². The van der Waals surface area contributed by atoms with E-state index < -0.39 is 12.1 Å². The molecule has 6 heteroatoms.